The van der Waals surface area contributed by atoms with Gasteiger partial charge in [-0.05, 0) is 29.8 Å². The second-order valence-electron chi connectivity index (χ2n) is 7.50. The molecule has 2 aromatic carbocycles. The molecule has 0 spiro atoms. The van der Waals surface area contributed by atoms with E-state index in [1.807, 2.05) is 83.4 Å². The lowest BCUT2D eigenvalue weighted by Gasteiger charge is -2.08. The normalized spacial score (nSPS) is 10.9. The largest absolute Gasteiger partial charge is 0.496 e. The summed E-state index contributed by atoms with van der Waals surface area (Å²) in [6.45, 7) is 0.782. The fourth-order valence-corrected chi connectivity index (χ4v) is 3.74. The number of ether oxygens (including phenoxy) is 1. The summed E-state index contributed by atoms with van der Waals surface area (Å²) in [5.41, 5.74) is 3.60. The number of hydrogen-bond acceptors (Lipinski definition) is 5. The van der Waals surface area contributed by atoms with Gasteiger partial charge in [0, 0.05) is 18.0 Å². The molecule has 164 valence electrons. The number of methoxy groups -OCH3 is 1. The van der Waals surface area contributed by atoms with Crippen LogP contribution in [-0.2, 0) is 13.1 Å². The molecule has 0 saturated heterocycles. The van der Waals surface area contributed by atoms with E-state index in [0.717, 1.165) is 16.8 Å². The summed E-state index contributed by atoms with van der Waals surface area (Å²) in [5.74, 6) is 1.05. The lowest BCUT2D eigenvalue weighted by Crippen LogP contribution is -2.24. The molecule has 1 N–H and O–H groups in total. The van der Waals surface area contributed by atoms with Crippen LogP contribution in [0, 0.1) is 0 Å². The molecule has 0 aliphatic heterocycles. The van der Waals surface area contributed by atoms with E-state index in [1.165, 1.54) is 0 Å². The molecule has 33 heavy (non-hydrogen) atoms. The zero-order chi connectivity index (χ0) is 22.6. The van der Waals surface area contributed by atoms with Crippen LogP contribution in [0.4, 0.5) is 0 Å². The zero-order valence-corrected chi connectivity index (χ0v) is 18.0. The van der Waals surface area contributed by atoms with Gasteiger partial charge in [0.15, 0.2) is 11.5 Å². The van der Waals surface area contributed by atoms with Crippen LogP contribution in [0.3, 0.4) is 0 Å². The molecule has 0 bridgehead atoms. The van der Waals surface area contributed by atoms with Gasteiger partial charge in [-0.15, -0.1) is 10.2 Å². The maximum absolute atomic E-state index is 13.3. The molecule has 1 amide bonds. The average Bonchev–Trinajstić information content (AvgIpc) is 3.47. The van der Waals surface area contributed by atoms with Crippen molar-refractivity contribution < 1.29 is 9.53 Å². The standard InChI is InChI=1S/C25H22N6O2/c1-33-21-12-6-5-11-19(21)24-20(17-30(29-24)16-18-9-3-2-4-10-18)25(32)26-15-23-28-27-22-13-7-8-14-31(22)23/h2-14,17H,15-16H2,1H3,(H,26,32). The number of aromatic nitrogens is 5. The monoisotopic (exact) mass is 438 g/mol. The van der Waals surface area contributed by atoms with E-state index in [9.17, 15) is 4.79 Å². The second kappa shape index (κ2) is 8.96. The molecule has 8 nitrogen and oxygen atoms in total. The van der Waals surface area contributed by atoms with Crippen LogP contribution in [0.15, 0.2) is 85.2 Å². The Labute approximate surface area is 190 Å². The lowest BCUT2D eigenvalue weighted by molar-refractivity contribution is 0.0950. The van der Waals surface area contributed by atoms with Gasteiger partial charge in [0.05, 0.1) is 25.8 Å². The van der Waals surface area contributed by atoms with Gasteiger partial charge in [-0.1, -0.05) is 48.5 Å². The molecule has 3 heterocycles. The minimum absolute atomic E-state index is 0.235. The van der Waals surface area contributed by atoms with E-state index >= 15 is 0 Å². The fraction of sp³-hybridized carbons (Fsp3) is 0.120. The van der Waals surface area contributed by atoms with Crippen LogP contribution in [-0.4, -0.2) is 37.4 Å². The molecule has 0 atom stereocenters. The SMILES string of the molecule is COc1ccccc1-c1nn(Cc2ccccc2)cc1C(=O)NCc1nnc2ccccn12. The van der Waals surface area contributed by atoms with Gasteiger partial charge in [0.1, 0.15) is 11.4 Å². The highest BCUT2D eigenvalue weighted by Gasteiger charge is 2.21. The molecular formula is C25H22N6O2. The molecular weight excluding hydrogens is 416 g/mol. The third-order valence-electron chi connectivity index (χ3n) is 5.35. The van der Waals surface area contributed by atoms with Crippen LogP contribution in [0.2, 0.25) is 0 Å². The number of rotatable bonds is 7. The van der Waals surface area contributed by atoms with E-state index in [1.54, 1.807) is 18.0 Å². The summed E-state index contributed by atoms with van der Waals surface area (Å²) in [5, 5.41) is 16.0. The maximum atomic E-state index is 13.3. The maximum Gasteiger partial charge on any atom is 0.255 e. The third-order valence-corrected chi connectivity index (χ3v) is 5.35. The van der Waals surface area contributed by atoms with Crippen LogP contribution in [0.1, 0.15) is 21.7 Å². The molecule has 0 aliphatic carbocycles. The van der Waals surface area contributed by atoms with Crippen LogP contribution in [0.5, 0.6) is 5.75 Å². The molecule has 0 unspecified atom stereocenters. The Morgan fingerprint density at radius 1 is 0.970 bits per heavy atom. The number of carbonyl (C=O) groups is 1. The summed E-state index contributed by atoms with van der Waals surface area (Å²) in [4.78, 5) is 13.3. The number of amides is 1. The number of fused-ring (bicyclic) bond motifs is 1. The molecule has 0 fully saturated rings. The zero-order valence-electron chi connectivity index (χ0n) is 18.0. The molecule has 8 heteroatoms. The number of para-hydroxylation sites is 1. The van der Waals surface area contributed by atoms with Crippen molar-refractivity contribution in [2.24, 2.45) is 0 Å². The van der Waals surface area contributed by atoms with Gasteiger partial charge in [0.2, 0.25) is 0 Å². The van der Waals surface area contributed by atoms with Gasteiger partial charge in [-0.3, -0.25) is 13.9 Å². The third kappa shape index (κ3) is 4.18. The fourth-order valence-electron chi connectivity index (χ4n) is 3.74. The van der Waals surface area contributed by atoms with Crippen molar-refractivity contribution in [1.29, 1.82) is 0 Å². The molecule has 0 aliphatic rings. The second-order valence-corrected chi connectivity index (χ2v) is 7.50. The number of hydrogen-bond donors (Lipinski definition) is 1. The summed E-state index contributed by atoms with van der Waals surface area (Å²) >= 11 is 0. The van der Waals surface area contributed by atoms with E-state index in [2.05, 4.69) is 15.5 Å². The first kappa shape index (κ1) is 20.4. The number of carbonyl (C=O) groups excluding carboxylic acids is 1. The highest BCUT2D eigenvalue weighted by Crippen LogP contribution is 2.31. The van der Waals surface area contributed by atoms with Gasteiger partial charge in [-0.25, -0.2) is 0 Å². The minimum Gasteiger partial charge on any atom is -0.496 e. The summed E-state index contributed by atoms with van der Waals surface area (Å²) in [6.07, 6.45) is 3.64. The predicted octanol–water partition coefficient (Wildman–Crippen LogP) is 3.58. The van der Waals surface area contributed by atoms with E-state index < -0.39 is 0 Å². The Balaban J connectivity index is 1.47. The quantitative estimate of drug-likeness (QED) is 0.420. The highest BCUT2D eigenvalue weighted by atomic mass is 16.5. The molecule has 0 saturated carbocycles. The number of pyridine rings is 1. The molecule has 0 radical (unpaired) electrons. The van der Waals surface area contributed by atoms with Crippen molar-refractivity contribution in [3.8, 4) is 17.0 Å². The van der Waals surface area contributed by atoms with E-state index in [4.69, 9.17) is 9.84 Å². The Morgan fingerprint density at radius 2 is 1.76 bits per heavy atom. The Bertz CT molecular complexity index is 1410. The van der Waals surface area contributed by atoms with Gasteiger partial charge >= 0.3 is 0 Å². The Hall–Kier alpha value is -4.46. The first-order chi connectivity index (χ1) is 16.2. The van der Waals surface area contributed by atoms with Gasteiger partial charge in [0.25, 0.3) is 5.91 Å². The average molecular weight is 438 g/mol. The van der Waals surface area contributed by atoms with Crippen molar-refractivity contribution in [3.63, 3.8) is 0 Å². The summed E-state index contributed by atoms with van der Waals surface area (Å²) < 4.78 is 9.15. The first-order valence-electron chi connectivity index (χ1n) is 10.5. The molecule has 5 aromatic rings. The number of benzene rings is 2. The van der Waals surface area contributed by atoms with Crippen molar-refractivity contribution in [2.75, 3.05) is 7.11 Å². The smallest absolute Gasteiger partial charge is 0.255 e. The van der Waals surface area contributed by atoms with Crippen LogP contribution >= 0.6 is 0 Å². The first-order valence-corrected chi connectivity index (χ1v) is 10.5. The van der Waals surface area contributed by atoms with Crippen molar-refractivity contribution in [1.82, 2.24) is 29.7 Å². The lowest BCUT2D eigenvalue weighted by atomic mass is 10.1. The van der Waals surface area contributed by atoms with Crippen molar-refractivity contribution >= 4 is 11.6 Å². The minimum atomic E-state index is -0.247. The van der Waals surface area contributed by atoms with Gasteiger partial charge in [-0.2, -0.15) is 5.10 Å². The highest BCUT2D eigenvalue weighted by molar-refractivity contribution is 6.00. The van der Waals surface area contributed by atoms with Crippen molar-refractivity contribution in [2.45, 2.75) is 13.1 Å². The van der Waals surface area contributed by atoms with Crippen molar-refractivity contribution in [3.05, 3.63) is 102 Å². The number of nitrogens with zero attached hydrogens (tertiary/aromatic N) is 5. The van der Waals surface area contributed by atoms with Crippen LogP contribution in [0.25, 0.3) is 16.9 Å². The van der Waals surface area contributed by atoms with Gasteiger partial charge < -0.3 is 10.1 Å². The Morgan fingerprint density at radius 3 is 2.61 bits per heavy atom. The van der Waals surface area contributed by atoms with E-state index in [-0.39, 0.29) is 12.5 Å². The molecule has 3 aromatic heterocycles. The summed E-state index contributed by atoms with van der Waals surface area (Å²) in [6, 6.07) is 23.2. The topological polar surface area (TPSA) is 86.3 Å². The van der Waals surface area contributed by atoms with Crippen LogP contribution < -0.4 is 10.1 Å². The summed E-state index contributed by atoms with van der Waals surface area (Å²) in [7, 11) is 1.61. The molecule has 5 rings (SSSR count). The Kier molecular flexibility index (Phi) is 5.55. The van der Waals surface area contributed by atoms with E-state index in [0.29, 0.717) is 29.4 Å². The predicted molar refractivity (Wildman–Crippen MR) is 124 cm³/mol. The number of nitrogens with one attached hydrogen (secondary N) is 1.